The van der Waals surface area contributed by atoms with Crippen molar-refractivity contribution >= 4 is 0 Å². The molecule has 1 unspecified atom stereocenters. The summed E-state index contributed by atoms with van der Waals surface area (Å²) in [6.45, 7) is 0. The molecule has 0 radical (unpaired) electrons. The van der Waals surface area contributed by atoms with Crippen molar-refractivity contribution in [2.75, 3.05) is 0 Å². The van der Waals surface area contributed by atoms with E-state index in [2.05, 4.69) is 4.74 Å². The maximum atomic E-state index is 12.6. The number of hydrogen-bond acceptors (Lipinski definition) is 1. The Kier molecular flexibility index (Phi) is 3.22. The van der Waals surface area contributed by atoms with Crippen molar-refractivity contribution in [3.05, 3.63) is 60.1 Å². The van der Waals surface area contributed by atoms with E-state index in [-0.39, 0.29) is 5.92 Å². The highest BCUT2D eigenvalue weighted by Crippen LogP contribution is 2.33. The number of halogens is 3. The molecule has 0 N–H and O–H groups in total. The van der Waals surface area contributed by atoms with Gasteiger partial charge in [0.15, 0.2) is 0 Å². The molecule has 90 valence electrons. The Hall–Kier alpha value is -1.71. The minimum atomic E-state index is -4.44. The first-order valence-electron chi connectivity index (χ1n) is 5.23. The van der Waals surface area contributed by atoms with Gasteiger partial charge in [-0.1, -0.05) is 30.3 Å². The minimum Gasteiger partial charge on any atom is -0.460 e. The van der Waals surface area contributed by atoms with Crippen LogP contribution in [-0.4, -0.2) is 6.18 Å². The molecule has 0 amide bonds. The van der Waals surface area contributed by atoms with Crippen LogP contribution < -0.4 is 0 Å². The summed E-state index contributed by atoms with van der Waals surface area (Å²) in [4.78, 5) is 0. The number of alkyl halides is 3. The Labute approximate surface area is 97.2 Å². The Bertz CT molecular complexity index is 432. The lowest BCUT2D eigenvalue weighted by molar-refractivity contribution is -0.122. The zero-order valence-electron chi connectivity index (χ0n) is 8.95. The molecule has 0 aliphatic carbocycles. The van der Waals surface area contributed by atoms with Gasteiger partial charge >= 0.3 is 6.18 Å². The second kappa shape index (κ2) is 4.65. The Morgan fingerprint density at radius 2 is 1.82 bits per heavy atom. The van der Waals surface area contributed by atoms with Gasteiger partial charge in [-0.3, -0.25) is 0 Å². The van der Waals surface area contributed by atoms with Crippen LogP contribution in [0.1, 0.15) is 17.9 Å². The maximum Gasteiger partial charge on any atom is 0.449 e. The first kappa shape index (κ1) is 11.8. The monoisotopic (exact) mass is 240 g/mol. The normalized spacial score (nSPS) is 20.4. The predicted octanol–water partition coefficient (Wildman–Crippen LogP) is 4.15. The van der Waals surface area contributed by atoms with Gasteiger partial charge in [-0.15, -0.1) is 0 Å². The fraction of sp³-hybridized carbons (Fsp3) is 0.231. The van der Waals surface area contributed by atoms with Gasteiger partial charge in [-0.05, 0) is 24.1 Å². The number of hydrogen-bond donors (Lipinski definition) is 0. The van der Waals surface area contributed by atoms with Crippen molar-refractivity contribution in [3.8, 4) is 0 Å². The quantitative estimate of drug-likeness (QED) is 0.716. The van der Waals surface area contributed by atoms with Crippen molar-refractivity contribution in [2.24, 2.45) is 0 Å². The van der Waals surface area contributed by atoms with Crippen LogP contribution in [0.3, 0.4) is 0 Å². The molecule has 0 saturated carbocycles. The van der Waals surface area contributed by atoms with E-state index in [1.54, 1.807) is 6.08 Å². The fourth-order valence-electron chi connectivity index (χ4n) is 1.71. The standard InChI is InChI=1S/C13H11F3O/c14-13(15,16)12-9-11(7-4-8-17-12)10-5-2-1-3-6-10/h1-6,8-9,11H,7H2. The summed E-state index contributed by atoms with van der Waals surface area (Å²) in [6.07, 6.45) is -0.101. The van der Waals surface area contributed by atoms with Crippen LogP contribution in [0.4, 0.5) is 13.2 Å². The van der Waals surface area contributed by atoms with Crippen molar-refractivity contribution in [2.45, 2.75) is 18.5 Å². The third-order valence-electron chi connectivity index (χ3n) is 2.54. The molecule has 0 saturated heterocycles. The Balaban J connectivity index is 2.32. The van der Waals surface area contributed by atoms with E-state index >= 15 is 0 Å². The van der Waals surface area contributed by atoms with Crippen LogP contribution in [0, 0.1) is 0 Å². The molecule has 1 aliphatic rings. The number of allylic oxidation sites excluding steroid dienone is 3. The Morgan fingerprint density at radius 3 is 2.47 bits per heavy atom. The molecular weight excluding hydrogens is 229 g/mol. The molecule has 0 bridgehead atoms. The van der Waals surface area contributed by atoms with E-state index in [1.165, 1.54) is 0 Å². The first-order valence-corrected chi connectivity index (χ1v) is 5.23. The van der Waals surface area contributed by atoms with Crippen molar-refractivity contribution in [1.29, 1.82) is 0 Å². The van der Waals surface area contributed by atoms with Crippen LogP contribution in [0.5, 0.6) is 0 Å². The second-order valence-electron chi connectivity index (χ2n) is 3.77. The topological polar surface area (TPSA) is 9.23 Å². The zero-order chi connectivity index (χ0) is 12.3. The average Bonchev–Trinajstić information content (AvgIpc) is 2.55. The lowest BCUT2D eigenvalue weighted by atomic mass is 9.95. The summed E-state index contributed by atoms with van der Waals surface area (Å²) in [5.41, 5.74) is 0.851. The first-order chi connectivity index (χ1) is 8.07. The molecule has 1 aromatic carbocycles. The minimum absolute atomic E-state index is 0.299. The number of benzene rings is 1. The molecule has 1 aliphatic heterocycles. The molecule has 2 rings (SSSR count). The number of ether oxygens (including phenoxy) is 1. The molecule has 0 aromatic heterocycles. The van der Waals surface area contributed by atoms with Gasteiger partial charge in [0.05, 0.1) is 6.26 Å². The third kappa shape index (κ3) is 2.90. The molecule has 1 aromatic rings. The van der Waals surface area contributed by atoms with E-state index in [4.69, 9.17) is 0 Å². The van der Waals surface area contributed by atoms with Crippen molar-refractivity contribution in [1.82, 2.24) is 0 Å². The van der Waals surface area contributed by atoms with Gasteiger partial charge < -0.3 is 4.74 Å². The third-order valence-corrected chi connectivity index (χ3v) is 2.54. The summed E-state index contributed by atoms with van der Waals surface area (Å²) < 4.78 is 42.3. The summed E-state index contributed by atoms with van der Waals surface area (Å²) in [6, 6.07) is 9.08. The van der Waals surface area contributed by atoms with Crippen molar-refractivity contribution in [3.63, 3.8) is 0 Å². The SMILES string of the molecule is FC(F)(F)C1=CC(c2ccccc2)CC=CO1. The largest absolute Gasteiger partial charge is 0.460 e. The molecule has 0 spiro atoms. The van der Waals surface area contributed by atoms with Crippen LogP contribution in [0.15, 0.2) is 54.5 Å². The summed E-state index contributed by atoms with van der Waals surface area (Å²) in [7, 11) is 0. The van der Waals surface area contributed by atoms with Gasteiger partial charge in [0.1, 0.15) is 0 Å². The predicted molar refractivity (Wildman–Crippen MR) is 58.2 cm³/mol. The molecule has 0 fully saturated rings. The zero-order valence-corrected chi connectivity index (χ0v) is 8.95. The van der Waals surface area contributed by atoms with E-state index in [0.717, 1.165) is 17.9 Å². The highest BCUT2D eigenvalue weighted by molar-refractivity contribution is 5.27. The van der Waals surface area contributed by atoms with E-state index in [1.807, 2.05) is 30.3 Å². The molecule has 1 heterocycles. The lowest BCUT2D eigenvalue weighted by Crippen LogP contribution is -2.13. The van der Waals surface area contributed by atoms with Crippen LogP contribution in [0.2, 0.25) is 0 Å². The average molecular weight is 240 g/mol. The lowest BCUT2D eigenvalue weighted by Gasteiger charge is -2.13. The highest BCUT2D eigenvalue weighted by atomic mass is 19.4. The maximum absolute atomic E-state index is 12.6. The number of rotatable bonds is 1. The molecule has 17 heavy (non-hydrogen) atoms. The van der Waals surface area contributed by atoms with Crippen LogP contribution in [-0.2, 0) is 4.74 Å². The van der Waals surface area contributed by atoms with Gasteiger partial charge in [-0.2, -0.15) is 13.2 Å². The fourth-order valence-corrected chi connectivity index (χ4v) is 1.71. The molecule has 1 nitrogen and oxygen atoms in total. The molecular formula is C13H11F3O. The van der Waals surface area contributed by atoms with Crippen LogP contribution in [0.25, 0.3) is 0 Å². The van der Waals surface area contributed by atoms with Crippen LogP contribution >= 0.6 is 0 Å². The van der Waals surface area contributed by atoms with E-state index in [9.17, 15) is 13.2 Å². The summed E-state index contributed by atoms with van der Waals surface area (Å²) >= 11 is 0. The van der Waals surface area contributed by atoms with E-state index < -0.39 is 11.9 Å². The highest BCUT2D eigenvalue weighted by Gasteiger charge is 2.36. The van der Waals surface area contributed by atoms with E-state index in [0.29, 0.717) is 6.42 Å². The summed E-state index contributed by atoms with van der Waals surface area (Å²) in [5, 5.41) is 0. The van der Waals surface area contributed by atoms with Crippen molar-refractivity contribution < 1.29 is 17.9 Å². The summed E-state index contributed by atoms with van der Waals surface area (Å²) in [5.74, 6) is -1.24. The van der Waals surface area contributed by atoms with Gasteiger partial charge in [-0.25, -0.2) is 0 Å². The second-order valence-corrected chi connectivity index (χ2v) is 3.77. The van der Waals surface area contributed by atoms with Gasteiger partial charge in [0, 0.05) is 5.92 Å². The smallest absolute Gasteiger partial charge is 0.449 e. The van der Waals surface area contributed by atoms with Gasteiger partial charge in [0.2, 0.25) is 5.76 Å². The molecule has 1 atom stereocenters. The Morgan fingerprint density at radius 1 is 1.12 bits per heavy atom. The molecule has 4 heteroatoms. The van der Waals surface area contributed by atoms with Gasteiger partial charge in [0.25, 0.3) is 0 Å².